The maximum Gasteiger partial charge on any atom is 0.240 e. The average molecular weight is 430 g/mol. The van der Waals surface area contributed by atoms with Gasteiger partial charge in [-0.1, -0.05) is 0 Å². The summed E-state index contributed by atoms with van der Waals surface area (Å²) in [6.45, 7) is 3.16. The second-order valence-electron chi connectivity index (χ2n) is 6.79. The Balaban J connectivity index is 2.14. The number of carbonyl (C=O) groups excluding carboxylic acids is 1. The van der Waals surface area contributed by atoms with Crippen molar-refractivity contribution in [2.24, 2.45) is 7.05 Å². The molecule has 3 heterocycles. The van der Waals surface area contributed by atoms with Crippen LogP contribution in [0.25, 0.3) is 11.1 Å². The van der Waals surface area contributed by atoms with E-state index in [-0.39, 0.29) is 10.9 Å². The van der Waals surface area contributed by atoms with Gasteiger partial charge in [-0.3, -0.25) is 9.48 Å². The summed E-state index contributed by atoms with van der Waals surface area (Å²) in [5.74, 6) is 0.781. The highest BCUT2D eigenvalue weighted by Gasteiger charge is 2.18. The fourth-order valence-corrected chi connectivity index (χ4v) is 3.52. The fourth-order valence-electron chi connectivity index (χ4n) is 2.85. The number of methoxy groups -OCH3 is 1. The molecule has 158 valence electrons. The summed E-state index contributed by atoms with van der Waals surface area (Å²) < 4.78 is 30.9. The maximum atomic E-state index is 12.0. The zero-order valence-corrected chi connectivity index (χ0v) is 18.0. The second kappa shape index (κ2) is 8.11. The minimum Gasteiger partial charge on any atom is -0.479 e. The highest BCUT2D eigenvalue weighted by Crippen LogP contribution is 2.36. The molecule has 11 heteroatoms. The van der Waals surface area contributed by atoms with Gasteiger partial charge in [0.15, 0.2) is 14.9 Å². The van der Waals surface area contributed by atoms with E-state index < -0.39 is 9.84 Å². The van der Waals surface area contributed by atoms with Crippen molar-refractivity contribution in [1.82, 2.24) is 19.7 Å². The van der Waals surface area contributed by atoms with E-state index in [2.05, 4.69) is 25.7 Å². The van der Waals surface area contributed by atoms with Crippen LogP contribution in [0.3, 0.4) is 0 Å². The minimum absolute atomic E-state index is 0.0401. The van der Waals surface area contributed by atoms with Gasteiger partial charge in [-0.15, -0.1) is 5.10 Å². The van der Waals surface area contributed by atoms with Crippen molar-refractivity contribution in [2.75, 3.05) is 24.0 Å². The van der Waals surface area contributed by atoms with Gasteiger partial charge in [-0.25, -0.2) is 18.4 Å². The van der Waals surface area contributed by atoms with Gasteiger partial charge in [0.2, 0.25) is 11.8 Å². The molecule has 30 heavy (non-hydrogen) atoms. The number of rotatable bonds is 6. The molecule has 0 fully saturated rings. The molecule has 0 atom stereocenters. The monoisotopic (exact) mass is 430 g/mol. The Labute approximate surface area is 174 Å². The summed E-state index contributed by atoms with van der Waals surface area (Å²) >= 11 is 0. The van der Waals surface area contributed by atoms with E-state index in [1.807, 2.05) is 0 Å². The number of carbonyl (C=O) groups is 1. The van der Waals surface area contributed by atoms with Crippen LogP contribution in [0.2, 0.25) is 0 Å². The van der Waals surface area contributed by atoms with Crippen molar-refractivity contribution in [3.05, 3.63) is 36.2 Å². The third-order valence-electron chi connectivity index (χ3n) is 4.08. The summed E-state index contributed by atoms with van der Waals surface area (Å²) in [6, 6.07) is 4.85. The number of hydrogen-bond acceptors (Lipinski definition) is 8. The fraction of sp³-hybridized carbons (Fsp3) is 0.263. The molecule has 0 aromatic carbocycles. The zero-order valence-electron chi connectivity index (χ0n) is 17.2. The summed E-state index contributed by atoms with van der Waals surface area (Å²) in [5, 5.41) is 9.99. The highest BCUT2D eigenvalue weighted by atomic mass is 32.2. The molecule has 0 aliphatic carbocycles. The third kappa shape index (κ3) is 4.74. The number of nitrogens with zero attached hydrogens (tertiary/aromatic N) is 4. The van der Waals surface area contributed by atoms with E-state index >= 15 is 0 Å². The molecule has 3 rings (SSSR count). The van der Waals surface area contributed by atoms with Crippen LogP contribution < -0.4 is 15.4 Å². The number of amides is 1. The number of ether oxygens (including phenoxy) is 1. The van der Waals surface area contributed by atoms with Crippen molar-refractivity contribution < 1.29 is 17.9 Å². The lowest BCUT2D eigenvalue weighted by Crippen LogP contribution is -2.09. The Kier molecular flexibility index (Phi) is 5.74. The first-order chi connectivity index (χ1) is 14.1. The SMILES string of the molecule is COc1nn(C)cc1-c1cnc(NC(C)=O)cc1Nc1cc(C)cc(S(C)(=O)=O)n1. The normalized spacial score (nSPS) is 11.2. The van der Waals surface area contributed by atoms with Crippen LogP contribution in [-0.2, 0) is 21.7 Å². The first-order valence-electron chi connectivity index (χ1n) is 8.88. The molecule has 2 N–H and O–H groups in total. The quantitative estimate of drug-likeness (QED) is 0.610. The molecule has 1 amide bonds. The Morgan fingerprint density at radius 2 is 1.90 bits per heavy atom. The van der Waals surface area contributed by atoms with Crippen LogP contribution in [-0.4, -0.2) is 47.4 Å². The van der Waals surface area contributed by atoms with Crippen molar-refractivity contribution in [3.8, 4) is 17.0 Å². The first-order valence-corrected chi connectivity index (χ1v) is 10.8. The van der Waals surface area contributed by atoms with Gasteiger partial charge < -0.3 is 15.4 Å². The minimum atomic E-state index is -3.49. The zero-order chi connectivity index (χ0) is 22.1. The Morgan fingerprint density at radius 3 is 2.53 bits per heavy atom. The van der Waals surface area contributed by atoms with Crippen molar-refractivity contribution in [1.29, 1.82) is 0 Å². The molecule has 0 saturated carbocycles. The van der Waals surface area contributed by atoms with E-state index in [1.165, 1.54) is 20.1 Å². The summed E-state index contributed by atoms with van der Waals surface area (Å²) in [6.07, 6.45) is 4.44. The Morgan fingerprint density at radius 1 is 1.17 bits per heavy atom. The predicted molar refractivity (Wildman–Crippen MR) is 113 cm³/mol. The number of sulfone groups is 1. The molecule has 10 nitrogen and oxygen atoms in total. The van der Waals surface area contributed by atoms with Gasteiger partial charge in [0, 0.05) is 44.3 Å². The topological polar surface area (TPSA) is 128 Å². The van der Waals surface area contributed by atoms with Crippen molar-refractivity contribution in [2.45, 2.75) is 18.9 Å². The highest BCUT2D eigenvalue weighted by molar-refractivity contribution is 7.90. The predicted octanol–water partition coefficient (Wildman–Crippen LogP) is 2.30. The van der Waals surface area contributed by atoms with Crippen molar-refractivity contribution >= 4 is 33.1 Å². The van der Waals surface area contributed by atoms with Gasteiger partial charge in [0.1, 0.15) is 11.6 Å². The van der Waals surface area contributed by atoms with Crippen LogP contribution in [0.4, 0.5) is 17.3 Å². The molecule has 0 aliphatic rings. The molecule has 3 aromatic heterocycles. The number of hydrogen-bond donors (Lipinski definition) is 2. The van der Waals surface area contributed by atoms with Crippen LogP contribution in [0, 0.1) is 6.92 Å². The molecule has 0 bridgehead atoms. The Bertz CT molecular complexity index is 1220. The number of anilines is 3. The molecule has 0 radical (unpaired) electrons. The van der Waals surface area contributed by atoms with E-state index in [0.717, 1.165) is 11.8 Å². The largest absolute Gasteiger partial charge is 0.479 e. The Hall–Kier alpha value is -3.47. The standard InChI is InChI=1S/C19H22N6O4S/c1-11-6-17(23-18(7-11)30(5,27)28)22-15-8-16(21-12(2)26)20-9-13(15)14-10-25(3)24-19(14)29-4/h6-10H,1-5H3,(H2,20,21,22,23,26). The van der Waals surface area contributed by atoms with Crippen LogP contribution >= 0.6 is 0 Å². The molecule has 0 aliphatic heterocycles. The average Bonchev–Trinajstić information content (AvgIpc) is 3.01. The third-order valence-corrected chi connectivity index (χ3v) is 5.04. The molecular formula is C19H22N6O4S. The van der Waals surface area contributed by atoms with Crippen LogP contribution in [0.5, 0.6) is 5.88 Å². The summed E-state index contributed by atoms with van der Waals surface area (Å²) in [5.41, 5.74) is 2.57. The second-order valence-corrected chi connectivity index (χ2v) is 8.75. The van der Waals surface area contributed by atoms with Gasteiger partial charge in [0.25, 0.3) is 0 Å². The van der Waals surface area contributed by atoms with E-state index in [1.54, 1.807) is 43.2 Å². The number of pyridine rings is 2. The molecular weight excluding hydrogens is 408 g/mol. The first kappa shape index (κ1) is 21.2. The lowest BCUT2D eigenvalue weighted by Gasteiger charge is -2.14. The molecule has 0 spiro atoms. The van der Waals surface area contributed by atoms with Gasteiger partial charge >= 0.3 is 0 Å². The van der Waals surface area contributed by atoms with Gasteiger partial charge in [0.05, 0.1) is 18.4 Å². The molecule has 0 unspecified atom stereocenters. The van der Waals surface area contributed by atoms with E-state index in [9.17, 15) is 13.2 Å². The lowest BCUT2D eigenvalue weighted by atomic mass is 10.1. The molecule has 0 saturated heterocycles. The maximum absolute atomic E-state index is 12.0. The van der Waals surface area contributed by atoms with Crippen LogP contribution in [0.1, 0.15) is 12.5 Å². The number of nitrogens with one attached hydrogen (secondary N) is 2. The number of aromatic nitrogens is 4. The van der Waals surface area contributed by atoms with E-state index in [4.69, 9.17) is 4.74 Å². The lowest BCUT2D eigenvalue weighted by molar-refractivity contribution is -0.114. The van der Waals surface area contributed by atoms with E-state index in [0.29, 0.717) is 34.3 Å². The van der Waals surface area contributed by atoms with Gasteiger partial charge in [-0.2, -0.15) is 0 Å². The van der Waals surface area contributed by atoms with Gasteiger partial charge in [-0.05, 0) is 24.6 Å². The van der Waals surface area contributed by atoms with Crippen LogP contribution in [0.15, 0.2) is 35.6 Å². The van der Waals surface area contributed by atoms with Crippen molar-refractivity contribution in [3.63, 3.8) is 0 Å². The summed E-state index contributed by atoms with van der Waals surface area (Å²) in [7, 11) is -0.213. The number of aryl methyl sites for hydroxylation is 2. The summed E-state index contributed by atoms with van der Waals surface area (Å²) in [4.78, 5) is 19.9. The smallest absolute Gasteiger partial charge is 0.240 e. The molecule has 3 aromatic rings.